The second-order valence-electron chi connectivity index (χ2n) is 6.38. The van der Waals surface area contributed by atoms with Crippen molar-refractivity contribution in [1.29, 1.82) is 0 Å². The Morgan fingerprint density at radius 2 is 1.52 bits per heavy atom. The Bertz CT molecular complexity index is 661. The highest BCUT2D eigenvalue weighted by molar-refractivity contribution is 5.64. The van der Waals surface area contributed by atoms with Gasteiger partial charge in [-0.05, 0) is 67.6 Å². The first-order chi connectivity index (χ1) is 12.0. The minimum absolute atomic E-state index is 0.631. The zero-order valence-corrected chi connectivity index (χ0v) is 14.0. The molecule has 1 N–H and O–H groups in total. The maximum atomic E-state index is 12.6. The fourth-order valence-corrected chi connectivity index (χ4v) is 2.87. The molecular formula is C20H22F3NO. The van der Waals surface area contributed by atoms with Gasteiger partial charge in [0.1, 0.15) is 5.75 Å². The van der Waals surface area contributed by atoms with Crippen LogP contribution in [0.25, 0.3) is 11.1 Å². The van der Waals surface area contributed by atoms with Gasteiger partial charge in [0, 0.05) is 6.04 Å². The molecule has 134 valence electrons. The Labute approximate surface area is 146 Å². The summed E-state index contributed by atoms with van der Waals surface area (Å²) in [4.78, 5) is 0. The van der Waals surface area contributed by atoms with E-state index in [1.165, 1.54) is 25.0 Å². The van der Waals surface area contributed by atoms with Gasteiger partial charge < -0.3 is 10.1 Å². The van der Waals surface area contributed by atoms with E-state index in [-0.39, 0.29) is 0 Å². The van der Waals surface area contributed by atoms with Crippen LogP contribution in [0, 0.1) is 0 Å². The number of alkyl halides is 3. The predicted octanol–water partition coefficient (Wildman–Crippen LogP) is 5.28. The Kier molecular flexibility index (Phi) is 5.63. The summed E-state index contributed by atoms with van der Waals surface area (Å²) in [7, 11) is 0. The molecule has 2 nitrogen and oxygen atoms in total. The van der Waals surface area contributed by atoms with Gasteiger partial charge >= 0.3 is 6.18 Å². The van der Waals surface area contributed by atoms with Crippen LogP contribution in [0.15, 0.2) is 48.5 Å². The lowest BCUT2D eigenvalue weighted by atomic mass is 10.0. The first kappa shape index (κ1) is 17.8. The SMILES string of the molecule is FC(F)(F)c1ccc(-c2ccc(OCCCCC3CCN3)cc2)cc1. The number of ether oxygens (including phenoxy) is 1. The van der Waals surface area contributed by atoms with Crippen molar-refractivity contribution in [3.8, 4) is 16.9 Å². The molecule has 1 fully saturated rings. The summed E-state index contributed by atoms with van der Waals surface area (Å²) in [6.07, 6.45) is 0.369. The molecule has 1 aliphatic heterocycles. The lowest BCUT2D eigenvalue weighted by Crippen LogP contribution is -2.42. The zero-order valence-electron chi connectivity index (χ0n) is 14.0. The van der Waals surface area contributed by atoms with Gasteiger partial charge in [-0.3, -0.25) is 0 Å². The standard InChI is InChI=1S/C20H22F3NO/c21-20(22,23)17-8-4-15(5-9-17)16-6-10-19(11-7-16)25-14-2-1-3-18-12-13-24-18/h4-11,18,24H,1-3,12-14H2. The molecule has 1 saturated heterocycles. The van der Waals surface area contributed by atoms with Crippen LogP contribution in [-0.4, -0.2) is 19.2 Å². The van der Waals surface area contributed by atoms with E-state index in [9.17, 15) is 13.2 Å². The minimum Gasteiger partial charge on any atom is -0.494 e. The van der Waals surface area contributed by atoms with Crippen molar-refractivity contribution in [2.24, 2.45) is 0 Å². The zero-order chi connectivity index (χ0) is 17.7. The van der Waals surface area contributed by atoms with Crippen LogP contribution >= 0.6 is 0 Å². The Morgan fingerprint density at radius 3 is 2.04 bits per heavy atom. The van der Waals surface area contributed by atoms with Gasteiger partial charge in [-0.15, -0.1) is 0 Å². The second-order valence-corrected chi connectivity index (χ2v) is 6.38. The largest absolute Gasteiger partial charge is 0.494 e. The van der Waals surface area contributed by atoms with E-state index < -0.39 is 11.7 Å². The van der Waals surface area contributed by atoms with E-state index in [1.807, 2.05) is 24.3 Å². The van der Waals surface area contributed by atoms with Gasteiger partial charge in [-0.25, -0.2) is 0 Å². The van der Waals surface area contributed by atoms with Gasteiger partial charge in [0.15, 0.2) is 0 Å². The monoisotopic (exact) mass is 349 g/mol. The number of hydrogen-bond acceptors (Lipinski definition) is 2. The molecule has 25 heavy (non-hydrogen) atoms. The van der Waals surface area contributed by atoms with Crippen molar-refractivity contribution in [2.75, 3.05) is 13.2 Å². The third-order valence-corrected chi connectivity index (χ3v) is 4.54. The third-order valence-electron chi connectivity index (χ3n) is 4.54. The van der Waals surface area contributed by atoms with Gasteiger partial charge in [-0.2, -0.15) is 13.2 Å². The van der Waals surface area contributed by atoms with Gasteiger partial charge in [0.25, 0.3) is 0 Å². The summed E-state index contributed by atoms with van der Waals surface area (Å²) in [6.45, 7) is 1.83. The maximum Gasteiger partial charge on any atom is 0.416 e. The fourth-order valence-electron chi connectivity index (χ4n) is 2.87. The van der Waals surface area contributed by atoms with Crippen molar-refractivity contribution in [3.05, 3.63) is 54.1 Å². The van der Waals surface area contributed by atoms with Crippen LogP contribution in [0.1, 0.15) is 31.2 Å². The van der Waals surface area contributed by atoms with Crippen LogP contribution in [0.3, 0.4) is 0 Å². The van der Waals surface area contributed by atoms with Gasteiger partial charge in [-0.1, -0.05) is 24.3 Å². The van der Waals surface area contributed by atoms with Crippen LogP contribution in [0.4, 0.5) is 13.2 Å². The number of unbranched alkanes of at least 4 members (excludes halogenated alkanes) is 1. The van der Waals surface area contributed by atoms with E-state index in [0.29, 0.717) is 12.6 Å². The first-order valence-corrected chi connectivity index (χ1v) is 8.66. The molecular weight excluding hydrogens is 327 g/mol. The minimum atomic E-state index is -4.30. The number of hydrogen-bond donors (Lipinski definition) is 1. The Balaban J connectivity index is 1.48. The summed E-state index contributed by atoms with van der Waals surface area (Å²) in [6, 6.07) is 13.4. The topological polar surface area (TPSA) is 21.3 Å². The highest BCUT2D eigenvalue weighted by Crippen LogP contribution is 2.31. The van der Waals surface area contributed by atoms with Gasteiger partial charge in [0.2, 0.25) is 0 Å². The molecule has 1 atom stereocenters. The van der Waals surface area contributed by atoms with Crippen LogP contribution in [-0.2, 0) is 6.18 Å². The summed E-state index contributed by atoms with van der Waals surface area (Å²) in [5.41, 5.74) is 0.998. The second kappa shape index (κ2) is 7.91. The normalized spacial score (nSPS) is 17.2. The Morgan fingerprint density at radius 1 is 0.920 bits per heavy atom. The van der Waals surface area contributed by atoms with Crippen molar-refractivity contribution >= 4 is 0 Å². The van der Waals surface area contributed by atoms with E-state index in [1.54, 1.807) is 0 Å². The number of nitrogens with one attached hydrogen (secondary N) is 1. The first-order valence-electron chi connectivity index (χ1n) is 8.66. The molecule has 0 aromatic heterocycles. The van der Waals surface area contributed by atoms with Crippen molar-refractivity contribution in [2.45, 2.75) is 37.9 Å². The number of benzene rings is 2. The average molecular weight is 349 g/mol. The average Bonchev–Trinajstić information content (AvgIpc) is 2.56. The molecule has 5 heteroatoms. The third kappa shape index (κ3) is 4.98. The fraction of sp³-hybridized carbons (Fsp3) is 0.400. The smallest absolute Gasteiger partial charge is 0.416 e. The van der Waals surface area contributed by atoms with E-state index >= 15 is 0 Å². The number of rotatable bonds is 7. The van der Waals surface area contributed by atoms with E-state index in [2.05, 4.69) is 5.32 Å². The lowest BCUT2D eigenvalue weighted by Gasteiger charge is -2.27. The number of halogens is 3. The van der Waals surface area contributed by atoms with Gasteiger partial charge in [0.05, 0.1) is 12.2 Å². The maximum absolute atomic E-state index is 12.6. The molecule has 0 bridgehead atoms. The molecule has 0 aliphatic carbocycles. The van der Waals surface area contributed by atoms with Crippen molar-refractivity contribution < 1.29 is 17.9 Å². The summed E-state index contributed by atoms with van der Waals surface area (Å²) in [5.74, 6) is 0.789. The molecule has 0 amide bonds. The predicted molar refractivity (Wildman–Crippen MR) is 92.6 cm³/mol. The highest BCUT2D eigenvalue weighted by atomic mass is 19.4. The molecule has 0 spiro atoms. The molecule has 0 radical (unpaired) electrons. The molecule has 1 heterocycles. The van der Waals surface area contributed by atoms with Crippen molar-refractivity contribution in [1.82, 2.24) is 5.32 Å². The summed E-state index contributed by atoms with van der Waals surface area (Å²) in [5, 5.41) is 3.38. The molecule has 3 rings (SSSR count). The molecule has 1 aliphatic rings. The molecule has 2 aromatic carbocycles. The van der Waals surface area contributed by atoms with E-state index in [0.717, 1.165) is 48.4 Å². The lowest BCUT2D eigenvalue weighted by molar-refractivity contribution is -0.137. The van der Waals surface area contributed by atoms with Crippen LogP contribution < -0.4 is 10.1 Å². The van der Waals surface area contributed by atoms with Crippen molar-refractivity contribution in [3.63, 3.8) is 0 Å². The summed E-state index contributed by atoms with van der Waals surface area (Å²) >= 11 is 0. The van der Waals surface area contributed by atoms with Crippen LogP contribution in [0.2, 0.25) is 0 Å². The molecule has 1 unspecified atom stereocenters. The summed E-state index contributed by atoms with van der Waals surface area (Å²) < 4.78 is 43.5. The van der Waals surface area contributed by atoms with Crippen LogP contribution in [0.5, 0.6) is 5.75 Å². The molecule has 2 aromatic rings. The Hall–Kier alpha value is -2.01. The van der Waals surface area contributed by atoms with E-state index in [4.69, 9.17) is 4.74 Å². The quantitative estimate of drug-likeness (QED) is 0.687. The molecule has 0 saturated carbocycles. The highest BCUT2D eigenvalue weighted by Gasteiger charge is 2.29.